The number of hydrogen-bond acceptors (Lipinski definition) is 4. The number of aliphatic hydroxyl groups is 3. The summed E-state index contributed by atoms with van der Waals surface area (Å²) in [7, 11) is 0. The number of hydrogen-bond donors (Lipinski definition) is 3. The van der Waals surface area contributed by atoms with Crippen LogP contribution in [0.4, 0.5) is 0 Å². The van der Waals surface area contributed by atoms with Crippen LogP contribution in [0.2, 0.25) is 0 Å². The Labute approximate surface area is 194 Å². The number of rotatable bonds is 6. The number of ether oxygens (including phenoxy) is 1. The fourth-order valence-electron chi connectivity index (χ4n) is 2.18. The monoisotopic (exact) mass is 440 g/mol. The Bertz CT molecular complexity index is 736. The van der Waals surface area contributed by atoms with Crippen LogP contribution < -0.4 is 0 Å². The predicted octanol–water partition coefficient (Wildman–Crippen LogP) is 5.38. The third kappa shape index (κ3) is 14.5. The molecule has 2 aromatic rings. The molecule has 1 heterocycles. The molecule has 3 N–H and O–H groups in total. The van der Waals surface area contributed by atoms with Crippen LogP contribution in [0, 0.1) is 0 Å². The molecule has 1 saturated heterocycles. The fourth-order valence-corrected chi connectivity index (χ4v) is 2.18. The Hall–Kier alpha value is -2.50. The fraction of sp³-hybridized carbons (Fsp3) is 0.357. The highest BCUT2D eigenvalue weighted by molar-refractivity contribution is 5.20. The molecule has 0 spiro atoms. The van der Waals surface area contributed by atoms with Gasteiger partial charge in [0.1, 0.15) is 12.2 Å². The number of benzene rings is 2. The highest BCUT2D eigenvalue weighted by atomic mass is 16.6. The number of aliphatic hydroxyl groups excluding tert-OH is 2. The van der Waals surface area contributed by atoms with Crippen molar-refractivity contribution in [2.24, 2.45) is 0 Å². The minimum atomic E-state index is -0.707. The zero-order valence-corrected chi connectivity index (χ0v) is 19.9. The molecule has 2 aromatic carbocycles. The standard InChI is InChI=1S/C9H12O.C9H12.C5H8O2.C5H8O/c1-9(2,10)8-6-4-3-5-7-8;1-8(2)9-6-4-3-5-7-9;1-2-4(6)5-3-7-5;1-3-5(6)4-2/h3-7,10H,1-2H3;3-8H,1-2H3;2,4-6H,1,3H2;3-6H,1-2H2/t;;4-,5+;/m..1./s1. The molecule has 0 aliphatic carbocycles. The van der Waals surface area contributed by atoms with Crippen molar-refractivity contribution in [2.75, 3.05) is 6.61 Å². The summed E-state index contributed by atoms with van der Waals surface area (Å²) in [6.45, 7) is 18.7. The quantitative estimate of drug-likeness (QED) is 0.417. The summed E-state index contributed by atoms with van der Waals surface area (Å²) in [5, 5.41) is 26.7. The molecule has 0 bridgehead atoms. The first-order valence-electron chi connectivity index (χ1n) is 10.7. The summed E-state index contributed by atoms with van der Waals surface area (Å²) in [6.07, 6.45) is 3.37. The van der Waals surface area contributed by atoms with Gasteiger partial charge in [0.15, 0.2) is 0 Å². The van der Waals surface area contributed by atoms with Crippen molar-refractivity contribution in [2.45, 2.75) is 57.5 Å². The van der Waals surface area contributed by atoms with E-state index in [9.17, 15) is 5.11 Å². The minimum Gasteiger partial charge on any atom is -0.386 e. The highest BCUT2D eigenvalue weighted by Crippen LogP contribution is 2.18. The Kier molecular flexibility index (Phi) is 14.9. The van der Waals surface area contributed by atoms with Crippen LogP contribution in [-0.4, -0.2) is 40.2 Å². The Balaban J connectivity index is 0.000000409. The van der Waals surface area contributed by atoms with Crippen LogP contribution in [0.1, 0.15) is 44.7 Å². The summed E-state index contributed by atoms with van der Waals surface area (Å²) >= 11 is 0. The van der Waals surface area contributed by atoms with Gasteiger partial charge in [-0.25, -0.2) is 0 Å². The van der Waals surface area contributed by atoms with Crippen molar-refractivity contribution in [1.82, 2.24) is 0 Å². The van der Waals surface area contributed by atoms with Gasteiger partial charge in [-0.05, 0) is 30.9 Å². The lowest BCUT2D eigenvalue weighted by atomic mass is 9.99. The van der Waals surface area contributed by atoms with Gasteiger partial charge in [0, 0.05) is 0 Å². The van der Waals surface area contributed by atoms with Gasteiger partial charge >= 0.3 is 0 Å². The second-order valence-electron chi connectivity index (χ2n) is 8.05. The predicted molar refractivity (Wildman–Crippen MR) is 135 cm³/mol. The molecule has 4 nitrogen and oxygen atoms in total. The number of epoxide rings is 1. The molecule has 0 unspecified atom stereocenters. The Morgan fingerprint density at radius 1 is 0.875 bits per heavy atom. The van der Waals surface area contributed by atoms with Gasteiger partial charge in [0.05, 0.1) is 18.3 Å². The average Bonchev–Trinajstić information content (AvgIpc) is 3.65. The summed E-state index contributed by atoms with van der Waals surface area (Å²) in [6, 6.07) is 20.1. The van der Waals surface area contributed by atoms with Crippen LogP contribution in [0.5, 0.6) is 0 Å². The molecule has 1 aliphatic rings. The first kappa shape index (κ1) is 29.5. The Morgan fingerprint density at radius 2 is 1.31 bits per heavy atom. The largest absolute Gasteiger partial charge is 0.386 e. The summed E-state index contributed by atoms with van der Waals surface area (Å²) < 4.78 is 4.74. The van der Waals surface area contributed by atoms with E-state index in [1.54, 1.807) is 13.8 Å². The molecule has 4 heteroatoms. The second-order valence-corrected chi connectivity index (χ2v) is 8.05. The highest BCUT2D eigenvalue weighted by Gasteiger charge is 2.28. The molecule has 1 fully saturated rings. The molecule has 0 radical (unpaired) electrons. The summed E-state index contributed by atoms with van der Waals surface area (Å²) in [5.74, 6) is 0.659. The van der Waals surface area contributed by atoms with E-state index in [1.165, 1.54) is 23.8 Å². The van der Waals surface area contributed by atoms with E-state index >= 15 is 0 Å². The van der Waals surface area contributed by atoms with Gasteiger partial charge in [0.25, 0.3) is 0 Å². The van der Waals surface area contributed by atoms with Gasteiger partial charge in [-0.3, -0.25) is 0 Å². The summed E-state index contributed by atoms with van der Waals surface area (Å²) in [4.78, 5) is 0. The third-order valence-corrected chi connectivity index (χ3v) is 4.41. The van der Waals surface area contributed by atoms with Gasteiger partial charge in [-0.15, -0.1) is 19.7 Å². The minimum absolute atomic E-state index is 0.0532. The van der Waals surface area contributed by atoms with Crippen molar-refractivity contribution in [3.63, 3.8) is 0 Å². The lowest BCUT2D eigenvalue weighted by Gasteiger charge is -2.16. The molecule has 0 aromatic heterocycles. The van der Waals surface area contributed by atoms with Crippen LogP contribution in [0.3, 0.4) is 0 Å². The van der Waals surface area contributed by atoms with E-state index in [0.29, 0.717) is 12.5 Å². The van der Waals surface area contributed by atoms with E-state index in [-0.39, 0.29) is 6.10 Å². The Morgan fingerprint density at radius 3 is 1.50 bits per heavy atom. The normalized spacial score (nSPS) is 15.0. The van der Waals surface area contributed by atoms with Gasteiger partial charge in [-0.2, -0.15) is 0 Å². The topological polar surface area (TPSA) is 73.2 Å². The summed E-state index contributed by atoms with van der Waals surface area (Å²) in [5.41, 5.74) is 1.66. The van der Waals surface area contributed by atoms with Crippen molar-refractivity contribution >= 4 is 0 Å². The van der Waals surface area contributed by atoms with E-state index in [0.717, 1.165) is 5.56 Å². The van der Waals surface area contributed by atoms with E-state index < -0.39 is 17.8 Å². The molecule has 0 saturated carbocycles. The smallest absolute Gasteiger partial charge is 0.110 e. The maximum Gasteiger partial charge on any atom is 0.110 e. The molecule has 1 aliphatic heterocycles. The molecule has 2 atom stereocenters. The second kappa shape index (κ2) is 16.2. The van der Waals surface area contributed by atoms with Crippen molar-refractivity contribution in [1.29, 1.82) is 0 Å². The van der Waals surface area contributed by atoms with Crippen LogP contribution in [0.25, 0.3) is 0 Å². The van der Waals surface area contributed by atoms with Crippen LogP contribution in [-0.2, 0) is 10.3 Å². The van der Waals surface area contributed by atoms with Crippen LogP contribution in [0.15, 0.2) is 98.6 Å². The van der Waals surface area contributed by atoms with Crippen molar-refractivity contribution in [3.8, 4) is 0 Å². The van der Waals surface area contributed by atoms with Crippen molar-refractivity contribution < 1.29 is 20.1 Å². The zero-order chi connectivity index (χ0) is 24.6. The molecule has 32 heavy (non-hydrogen) atoms. The lowest BCUT2D eigenvalue weighted by Crippen LogP contribution is -2.14. The molecular formula is C28H40O4. The first-order valence-corrected chi connectivity index (χ1v) is 10.7. The first-order chi connectivity index (χ1) is 15.1. The zero-order valence-electron chi connectivity index (χ0n) is 19.9. The van der Waals surface area contributed by atoms with Crippen LogP contribution >= 0.6 is 0 Å². The molecule has 3 rings (SSSR count). The third-order valence-electron chi connectivity index (χ3n) is 4.41. The lowest BCUT2D eigenvalue weighted by molar-refractivity contribution is 0.0786. The molecule has 176 valence electrons. The van der Waals surface area contributed by atoms with Crippen molar-refractivity contribution in [3.05, 3.63) is 110 Å². The molecular weight excluding hydrogens is 400 g/mol. The van der Waals surface area contributed by atoms with Gasteiger partial charge < -0.3 is 20.1 Å². The van der Waals surface area contributed by atoms with E-state index in [4.69, 9.17) is 14.9 Å². The van der Waals surface area contributed by atoms with Gasteiger partial charge in [0.2, 0.25) is 0 Å². The van der Waals surface area contributed by atoms with E-state index in [2.05, 4.69) is 57.8 Å². The van der Waals surface area contributed by atoms with Gasteiger partial charge in [-0.1, -0.05) is 92.7 Å². The molecule has 0 amide bonds. The SMILES string of the molecule is C=CC(O)C=C.C=C[C@@H](O)[C@@H]1CO1.CC(C)(O)c1ccccc1.CC(C)c1ccccc1. The maximum atomic E-state index is 9.49. The maximum absolute atomic E-state index is 9.49. The average molecular weight is 441 g/mol. The van der Waals surface area contributed by atoms with E-state index in [1.807, 2.05) is 36.4 Å².